The van der Waals surface area contributed by atoms with Gasteiger partial charge in [-0.15, -0.1) is 0 Å². The third-order valence-electron chi connectivity index (χ3n) is 2.89. The molecule has 0 amide bonds. The molecular formula is C16H17NO2. The predicted molar refractivity (Wildman–Crippen MR) is 75.5 cm³/mol. The Morgan fingerprint density at radius 2 is 1.53 bits per heavy atom. The minimum Gasteiger partial charge on any atom is -0.457 e. The van der Waals surface area contributed by atoms with Gasteiger partial charge in [0.05, 0.1) is 6.04 Å². The van der Waals surface area contributed by atoms with Crippen LogP contribution in [0.15, 0.2) is 54.6 Å². The van der Waals surface area contributed by atoms with Gasteiger partial charge in [0.2, 0.25) is 0 Å². The van der Waals surface area contributed by atoms with Gasteiger partial charge in [0.1, 0.15) is 17.8 Å². The second kappa shape index (κ2) is 6.16. The molecule has 0 bridgehead atoms. The summed E-state index contributed by atoms with van der Waals surface area (Å²) in [6.45, 7) is 0. The zero-order chi connectivity index (χ0) is 13.7. The lowest BCUT2D eigenvalue weighted by Gasteiger charge is -2.18. The molecule has 3 nitrogen and oxygen atoms in total. The standard InChI is InChI=1S/C16H17NO2/c1-17(2)16(12-18)13-8-10-15(11-9-13)19-14-6-4-3-5-7-14/h3-12,16H,1-2H3. The Hall–Kier alpha value is -2.13. The van der Waals surface area contributed by atoms with E-state index >= 15 is 0 Å². The molecule has 2 aromatic carbocycles. The van der Waals surface area contributed by atoms with Gasteiger partial charge in [-0.3, -0.25) is 4.90 Å². The molecule has 3 heteroatoms. The van der Waals surface area contributed by atoms with Crippen molar-refractivity contribution in [1.29, 1.82) is 0 Å². The predicted octanol–water partition coefficient (Wildman–Crippen LogP) is 3.28. The first-order valence-electron chi connectivity index (χ1n) is 6.15. The molecule has 0 fully saturated rings. The summed E-state index contributed by atoms with van der Waals surface area (Å²) in [6.07, 6.45) is 0.938. The van der Waals surface area contributed by atoms with Crippen LogP contribution >= 0.6 is 0 Å². The van der Waals surface area contributed by atoms with Crippen molar-refractivity contribution in [2.75, 3.05) is 14.1 Å². The zero-order valence-corrected chi connectivity index (χ0v) is 11.1. The van der Waals surface area contributed by atoms with E-state index in [1.54, 1.807) is 0 Å². The van der Waals surface area contributed by atoms with Crippen molar-refractivity contribution in [3.63, 3.8) is 0 Å². The van der Waals surface area contributed by atoms with E-state index in [1.165, 1.54) is 0 Å². The number of benzene rings is 2. The first-order valence-corrected chi connectivity index (χ1v) is 6.15. The molecule has 2 rings (SSSR count). The largest absolute Gasteiger partial charge is 0.457 e. The van der Waals surface area contributed by atoms with Gasteiger partial charge in [-0.1, -0.05) is 30.3 Å². The number of aldehydes is 1. The monoisotopic (exact) mass is 255 g/mol. The average molecular weight is 255 g/mol. The normalized spacial score (nSPS) is 12.2. The van der Waals surface area contributed by atoms with Crippen molar-refractivity contribution in [3.05, 3.63) is 60.2 Å². The molecule has 0 radical (unpaired) electrons. The quantitative estimate of drug-likeness (QED) is 0.768. The Kier molecular flexibility index (Phi) is 4.31. The van der Waals surface area contributed by atoms with Crippen molar-refractivity contribution in [1.82, 2.24) is 4.90 Å². The molecular weight excluding hydrogens is 238 g/mol. The number of carbonyl (C=O) groups is 1. The van der Waals surface area contributed by atoms with Crippen molar-refractivity contribution < 1.29 is 9.53 Å². The van der Waals surface area contributed by atoms with E-state index in [4.69, 9.17) is 4.74 Å². The highest BCUT2D eigenvalue weighted by molar-refractivity contribution is 5.61. The van der Waals surface area contributed by atoms with Crippen LogP contribution in [0.2, 0.25) is 0 Å². The molecule has 0 saturated carbocycles. The summed E-state index contributed by atoms with van der Waals surface area (Å²) >= 11 is 0. The van der Waals surface area contributed by atoms with Gasteiger partial charge in [0, 0.05) is 0 Å². The number of hydrogen-bond donors (Lipinski definition) is 0. The van der Waals surface area contributed by atoms with Crippen LogP contribution in [0.5, 0.6) is 11.5 Å². The SMILES string of the molecule is CN(C)C(C=O)c1ccc(Oc2ccccc2)cc1. The topological polar surface area (TPSA) is 29.5 Å². The van der Waals surface area contributed by atoms with Gasteiger partial charge in [-0.05, 0) is 43.9 Å². The van der Waals surface area contributed by atoms with Crippen molar-refractivity contribution in [2.45, 2.75) is 6.04 Å². The second-order valence-electron chi connectivity index (χ2n) is 4.53. The number of nitrogens with zero attached hydrogens (tertiary/aromatic N) is 1. The summed E-state index contributed by atoms with van der Waals surface area (Å²) < 4.78 is 5.71. The first-order chi connectivity index (χ1) is 9.20. The van der Waals surface area contributed by atoms with Crippen LogP contribution in [0.3, 0.4) is 0 Å². The third-order valence-corrected chi connectivity index (χ3v) is 2.89. The van der Waals surface area contributed by atoms with Crippen molar-refractivity contribution in [3.8, 4) is 11.5 Å². The molecule has 1 unspecified atom stereocenters. The Morgan fingerprint density at radius 3 is 2.05 bits per heavy atom. The third kappa shape index (κ3) is 3.42. The van der Waals surface area contributed by atoms with Crippen LogP contribution in [0.25, 0.3) is 0 Å². The molecule has 98 valence electrons. The summed E-state index contributed by atoms with van der Waals surface area (Å²) in [5, 5.41) is 0. The molecule has 19 heavy (non-hydrogen) atoms. The number of hydrogen-bond acceptors (Lipinski definition) is 3. The van der Waals surface area contributed by atoms with Crippen molar-refractivity contribution >= 4 is 6.29 Å². The van der Waals surface area contributed by atoms with Gasteiger partial charge >= 0.3 is 0 Å². The van der Waals surface area contributed by atoms with E-state index in [9.17, 15) is 4.79 Å². The molecule has 0 aliphatic carbocycles. The highest BCUT2D eigenvalue weighted by Gasteiger charge is 2.12. The minimum absolute atomic E-state index is 0.217. The Morgan fingerprint density at radius 1 is 0.947 bits per heavy atom. The number of carbonyl (C=O) groups excluding carboxylic acids is 1. The molecule has 1 atom stereocenters. The lowest BCUT2D eigenvalue weighted by Crippen LogP contribution is -2.20. The second-order valence-corrected chi connectivity index (χ2v) is 4.53. The number of rotatable bonds is 5. The Bertz CT molecular complexity index is 520. The zero-order valence-electron chi connectivity index (χ0n) is 11.1. The van der Waals surface area contributed by atoms with Gasteiger partial charge in [-0.25, -0.2) is 0 Å². The summed E-state index contributed by atoms with van der Waals surface area (Å²) in [7, 11) is 3.76. The van der Waals surface area contributed by atoms with Crippen molar-refractivity contribution in [2.24, 2.45) is 0 Å². The minimum atomic E-state index is -0.217. The lowest BCUT2D eigenvalue weighted by atomic mass is 10.1. The fraction of sp³-hybridized carbons (Fsp3) is 0.188. The highest BCUT2D eigenvalue weighted by atomic mass is 16.5. The highest BCUT2D eigenvalue weighted by Crippen LogP contribution is 2.23. The maximum Gasteiger partial charge on any atom is 0.141 e. The summed E-state index contributed by atoms with van der Waals surface area (Å²) in [5.41, 5.74) is 0.959. The van der Waals surface area contributed by atoms with Crippen LogP contribution in [-0.2, 0) is 4.79 Å². The van der Waals surface area contributed by atoms with Gasteiger partial charge in [-0.2, -0.15) is 0 Å². The van der Waals surface area contributed by atoms with E-state index in [1.807, 2.05) is 73.6 Å². The maximum absolute atomic E-state index is 11.0. The molecule has 0 aliphatic rings. The number of likely N-dealkylation sites (N-methyl/N-ethyl adjacent to an activating group) is 1. The first kappa shape index (κ1) is 13.3. The fourth-order valence-electron chi connectivity index (χ4n) is 1.86. The van der Waals surface area contributed by atoms with Gasteiger partial charge in [0.25, 0.3) is 0 Å². The fourth-order valence-corrected chi connectivity index (χ4v) is 1.86. The van der Waals surface area contributed by atoms with E-state index in [0.29, 0.717) is 0 Å². The lowest BCUT2D eigenvalue weighted by molar-refractivity contribution is -0.111. The van der Waals surface area contributed by atoms with Crippen LogP contribution in [0.4, 0.5) is 0 Å². The Labute approximate surface area is 113 Å². The summed E-state index contributed by atoms with van der Waals surface area (Å²) in [6, 6.07) is 17.0. The van der Waals surface area contributed by atoms with Crippen LogP contribution in [0.1, 0.15) is 11.6 Å². The Balaban J connectivity index is 2.12. The summed E-state index contributed by atoms with van der Waals surface area (Å²) in [4.78, 5) is 12.9. The van der Waals surface area contributed by atoms with E-state index in [-0.39, 0.29) is 6.04 Å². The van der Waals surface area contributed by atoms with E-state index in [0.717, 1.165) is 23.3 Å². The molecule has 2 aromatic rings. The number of ether oxygens (including phenoxy) is 1. The smallest absolute Gasteiger partial charge is 0.141 e. The van der Waals surface area contributed by atoms with E-state index < -0.39 is 0 Å². The average Bonchev–Trinajstić information content (AvgIpc) is 2.42. The molecule has 0 N–H and O–H groups in total. The molecule has 0 saturated heterocycles. The van der Waals surface area contributed by atoms with Gasteiger partial charge in [0.15, 0.2) is 0 Å². The van der Waals surface area contributed by atoms with E-state index in [2.05, 4.69) is 0 Å². The molecule has 0 aliphatic heterocycles. The van der Waals surface area contributed by atoms with Crippen LogP contribution in [0, 0.1) is 0 Å². The number of para-hydroxylation sites is 1. The van der Waals surface area contributed by atoms with Gasteiger partial charge < -0.3 is 9.53 Å². The van der Waals surface area contributed by atoms with Crippen LogP contribution in [-0.4, -0.2) is 25.3 Å². The molecule has 0 aromatic heterocycles. The maximum atomic E-state index is 11.0. The molecule has 0 heterocycles. The molecule has 0 spiro atoms. The summed E-state index contributed by atoms with van der Waals surface area (Å²) in [5.74, 6) is 1.56. The van der Waals surface area contributed by atoms with Crippen LogP contribution < -0.4 is 4.74 Å².